The van der Waals surface area contributed by atoms with Gasteiger partial charge in [-0.25, -0.2) is 4.79 Å². The van der Waals surface area contributed by atoms with Crippen LogP contribution >= 0.6 is 0 Å². The van der Waals surface area contributed by atoms with Crippen molar-refractivity contribution < 1.29 is 14.3 Å². The van der Waals surface area contributed by atoms with Crippen molar-refractivity contribution in [3.05, 3.63) is 0 Å². The van der Waals surface area contributed by atoms with Crippen LogP contribution in [0.2, 0.25) is 0 Å². The van der Waals surface area contributed by atoms with Crippen LogP contribution < -0.4 is 5.32 Å². The van der Waals surface area contributed by atoms with Crippen LogP contribution in [0.15, 0.2) is 0 Å². The van der Waals surface area contributed by atoms with E-state index in [2.05, 4.69) is 26.1 Å². The van der Waals surface area contributed by atoms with Gasteiger partial charge in [0.25, 0.3) is 0 Å². The molecular weight excluding hydrogens is 182 g/mol. The van der Waals surface area contributed by atoms with E-state index >= 15 is 0 Å². The van der Waals surface area contributed by atoms with Crippen LogP contribution in [0, 0.1) is 5.41 Å². The number of amides is 1. The monoisotopic (exact) mass is 201 g/mol. The summed E-state index contributed by atoms with van der Waals surface area (Å²) in [5.74, 6) is 0. The topological polar surface area (TPSA) is 47.6 Å². The summed E-state index contributed by atoms with van der Waals surface area (Å²) >= 11 is 0. The highest BCUT2D eigenvalue weighted by Crippen LogP contribution is 2.18. The molecule has 1 aliphatic rings. The van der Waals surface area contributed by atoms with Crippen LogP contribution in [0.5, 0.6) is 0 Å². The molecule has 14 heavy (non-hydrogen) atoms. The quantitative estimate of drug-likeness (QED) is 0.737. The third kappa shape index (κ3) is 3.18. The SMILES string of the molecule is CC(NC(=O)OC1COC1)C(C)(C)C. The molecule has 0 radical (unpaired) electrons. The first-order valence-electron chi connectivity index (χ1n) is 4.94. The number of rotatable bonds is 2. The van der Waals surface area contributed by atoms with Crippen molar-refractivity contribution in [3.63, 3.8) is 0 Å². The zero-order valence-corrected chi connectivity index (χ0v) is 9.29. The Morgan fingerprint density at radius 2 is 2.07 bits per heavy atom. The van der Waals surface area contributed by atoms with Gasteiger partial charge in [-0.15, -0.1) is 0 Å². The fourth-order valence-electron chi connectivity index (χ4n) is 0.861. The van der Waals surface area contributed by atoms with E-state index in [4.69, 9.17) is 9.47 Å². The van der Waals surface area contributed by atoms with E-state index in [9.17, 15) is 4.79 Å². The molecule has 1 amide bonds. The molecule has 82 valence electrons. The Kier molecular flexibility index (Phi) is 3.37. The molecule has 1 heterocycles. The van der Waals surface area contributed by atoms with E-state index in [0.717, 1.165) is 0 Å². The largest absolute Gasteiger partial charge is 0.441 e. The van der Waals surface area contributed by atoms with E-state index in [1.807, 2.05) is 6.92 Å². The van der Waals surface area contributed by atoms with Crippen LogP contribution in [0.1, 0.15) is 27.7 Å². The maximum Gasteiger partial charge on any atom is 0.407 e. The molecule has 1 rings (SSSR count). The van der Waals surface area contributed by atoms with Gasteiger partial charge >= 0.3 is 6.09 Å². The molecule has 0 spiro atoms. The Morgan fingerprint density at radius 1 is 1.50 bits per heavy atom. The standard InChI is InChI=1S/C10H19NO3/c1-7(10(2,3)4)11-9(12)14-8-5-13-6-8/h7-8H,5-6H2,1-4H3,(H,11,12). The molecule has 0 aliphatic carbocycles. The van der Waals surface area contributed by atoms with Gasteiger partial charge in [0.05, 0.1) is 13.2 Å². The first-order chi connectivity index (χ1) is 6.39. The summed E-state index contributed by atoms with van der Waals surface area (Å²) in [5, 5.41) is 2.80. The predicted octanol–water partition coefficient (Wildman–Crippen LogP) is 1.55. The highest BCUT2D eigenvalue weighted by Gasteiger charge is 2.26. The normalized spacial score (nSPS) is 19.7. The highest BCUT2D eigenvalue weighted by atomic mass is 16.6. The van der Waals surface area contributed by atoms with E-state index in [1.165, 1.54) is 0 Å². The summed E-state index contributed by atoms with van der Waals surface area (Å²) < 4.78 is 9.98. The van der Waals surface area contributed by atoms with Crippen molar-refractivity contribution in [2.24, 2.45) is 5.41 Å². The molecule has 0 saturated carbocycles. The Balaban J connectivity index is 2.25. The van der Waals surface area contributed by atoms with Crippen LogP contribution in [0.25, 0.3) is 0 Å². The smallest absolute Gasteiger partial charge is 0.407 e. The number of carbonyl (C=O) groups excluding carboxylic acids is 1. The van der Waals surface area contributed by atoms with Crippen LogP contribution in [-0.2, 0) is 9.47 Å². The molecule has 0 bridgehead atoms. The number of carbonyl (C=O) groups is 1. The zero-order valence-electron chi connectivity index (χ0n) is 9.29. The summed E-state index contributed by atoms with van der Waals surface area (Å²) in [7, 11) is 0. The first kappa shape index (κ1) is 11.3. The number of hydrogen-bond donors (Lipinski definition) is 1. The molecule has 4 nitrogen and oxygen atoms in total. The summed E-state index contributed by atoms with van der Waals surface area (Å²) in [6, 6.07) is 0.0935. The third-order valence-corrected chi connectivity index (χ3v) is 2.51. The minimum Gasteiger partial charge on any atom is -0.441 e. The second-order valence-electron chi connectivity index (χ2n) is 4.80. The Morgan fingerprint density at radius 3 is 2.43 bits per heavy atom. The number of alkyl carbamates (subject to hydrolysis) is 1. The molecule has 1 fully saturated rings. The van der Waals surface area contributed by atoms with Crippen LogP contribution in [0.4, 0.5) is 4.79 Å². The molecule has 4 heteroatoms. The third-order valence-electron chi connectivity index (χ3n) is 2.51. The first-order valence-corrected chi connectivity index (χ1v) is 4.94. The molecule has 1 atom stereocenters. The maximum absolute atomic E-state index is 11.3. The molecular formula is C10H19NO3. The number of nitrogens with one attached hydrogen (secondary N) is 1. The lowest BCUT2D eigenvalue weighted by atomic mass is 9.88. The Hall–Kier alpha value is -0.770. The number of hydrogen-bond acceptors (Lipinski definition) is 3. The van der Waals surface area contributed by atoms with Crippen molar-refractivity contribution in [2.45, 2.75) is 39.8 Å². The molecule has 1 saturated heterocycles. The van der Waals surface area contributed by atoms with Gasteiger partial charge in [0, 0.05) is 6.04 Å². The molecule has 0 aromatic heterocycles. The Bertz CT molecular complexity index is 206. The molecule has 0 aromatic rings. The van der Waals surface area contributed by atoms with Crippen molar-refractivity contribution in [3.8, 4) is 0 Å². The second kappa shape index (κ2) is 4.17. The van der Waals surface area contributed by atoms with Gasteiger partial charge in [-0.1, -0.05) is 20.8 Å². The predicted molar refractivity (Wildman–Crippen MR) is 53.1 cm³/mol. The van der Waals surface area contributed by atoms with Crippen molar-refractivity contribution >= 4 is 6.09 Å². The van der Waals surface area contributed by atoms with Crippen LogP contribution in [-0.4, -0.2) is 31.5 Å². The van der Waals surface area contributed by atoms with E-state index in [1.54, 1.807) is 0 Å². The molecule has 1 N–H and O–H groups in total. The minimum absolute atomic E-state index is 0.0507. The molecule has 0 aromatic carbocycles. The minimum atomic E-state index is -0.347. The second-order valence-corrected chi connectivity index (χ2v) is 4.80. The average Bonchev–Trinajstić information content (AvgIpc) is 1.95. The van der Waals surface area contributed by atoms with Gasteiger partial charge in [0.1, 0.15) is 0 Å². The summed E-state index contributed by atoms with van der Waals surface area (Å²) in [6.45, 7) is 9.24. The van der Waals surface area contributed by atoms with Gasteiger partial charge in [-0.05, 0) is 12.3 Å². The fourth-order valence-corrected chi connectivity index (χ4v) is 0.861. The van der Waals surface area contributed by atoms with Gasteiger partial charge in [0.15, 0.2) is 6.10 Å². The van der Waals surface area contributed by atoms with Crippen LogP contribution in [0.3, 0.4) is 0 Å². The Labute approximate surface area is 85.0 Å². The van der Waals surface area contributed by atoms with Gasteiger partial charge in [0.2, 0.25) is 0 Å². The lowest BCUT2D eigenvalue weighted by Crippen LogP contribution is -2.46. The summed E-state index contributed by atoms with van der Waals surface area (Å²) in [5.41, 5.74) is 0.0507. The summed E-state index contributed by atoms with van der Waals surface area (Å²) in [4.78, 5) is 11.3. The zero-order chi connectivity index (χ0) is 10.8. The van der Waals surface area contributed by atoms with Gasteiger partial charge in [-0.2, -0.15) is 0 Å². The maximum atomic E-state index is 11.3. The van der Waals surface area contributed by atoms with E-state index in [0.29, 0.717) is 13.2 Å². The van der Waals surface area contributed by atoms with E-state index < -0.39 is 0 Å². The molecule has 1 unspecified atom stereocenters. The fraction of sp³-hybridized carbons (Fsp3) is 0.900. The summed E-state index contributed by atoms with van der Waals surface area (Å²) in [6.07, 6.45) is -0.400. The van der Waals surface area contributed by atoms with Gasteiger partial charge < -0.3 is 14.8 Å². The van der Waals surface area contributed by atoms with Crippen molar-refractivity contribution in [2.75, 3.05) is 13.2 Å². The molecule has 1 aliphatic heterocycles. The lowest BCUT2D eigenvalue weighted by Gasteiger charge is -2.30. The lowest BCUT2D eigenvalue weighted by molar-refractivity contribution is -0.0987. The highest BCUT2D eigenvalue weighted by molar-refractivity contribution is 5.67. The van der Waals surface area contributed by atoms with Crippen molar-refractivity contribution in [1.82, 2.24) is 5.32 Å². The number of ether oxygens (including phenoxy) is 2. The van der Waals surface area contributed by atoms with E-state index in [-0.39, 0.29) is 23.7 Å². The van der Waals surface area contributed by atoms with Crippen molar-refractivity contribution in [1.29, 1.82) is 0 Å². The van der Waals surface area contributed by atoms with Gasteiger partial charge in [-0.3, -0.25) is 0 Å². The average molecular weight is 201 g/mol.